The van der Waals surface area contributed by atoms with Crippen LogP contribution in [0.2, 0.25) is 0 Å². The van der Waals surface area contributed by atoms with Crippen LogP contribution in [0.15, 0.2) is 18.2 Å². The molecule has 2 nitrogen and oxygen atoms in total. The Labute approximate surface area is 96.6 Å². The lowest BCUT2D eigenvalue weighted by molar-refractivity contribution is -0.120. The van der Waals surface area contributed by atoms with Gasteiger partial charge in [0.15, 0.2) is 0 Å². The van der Waals surface area contributed by atoms with Gasteiger partial charge in [0, 0.05) is 12.3 Å². The number of hydrogen-bond acceptors (Lipinski definition) is 2. The number of hydrogen-bond donors (Lipinski definition) is 0. The monoisotopic (exact) mass is 218 g/mol. The SMILES string of the molecule is Cc1cccc(OCCC(=O)C2CC2)c1C. The molecule has 0 N–H and O–H groups in total. The molecule has 0 unspecified atom stereocenters. The third-order valence-electron chi connectivity index (χ3n) is 3.19. The summed E-state index contributed by atoms with van der Waals surface area (Å²) in [6, 6.07) is 6.02. The molecular weight excluding hydrogens is 200 g/mol. The Balaban J connectivity index is 1.84. The lowest BCUT2D eigenvalue weighted by Crippen LogP contribution is -2.08. The van der Waals surface area contributed by atoms with Gasteiger partial charge in [0.2, 0.25) is 0 Å². The topological polar surface area (TPSA) is 26.3 Å². The Morgan fingerprint density at radius 3 is 2.81 bits per heavy atom. The summed E-state index contributed by atoms with van der Waals surface area (Å²) in [6.07, 6.45) is 2.72. The van der Waals surface area contributed by atoms with Crippen LogP contribution in [-0.2, 0) is 4.79 Å². The van der Waals surface area contributed by atoms with Crippen LogP contribution in [0, 0.1) is 19.8 Å². The molecule has 1 aliphatic rings. The van der Waals surface area contributed by atoms with Crippen molar-refractivity contribution in [1.82, 2.24) is 0 Å². The van der Waals surface area contributed by atoms with E-state index in [9.17, 15) is 4.79 Å². The van der Waals surface area contributed by atoms with E-state index >= 15 is 0 Å². The van der Waals surface area contributed by atoms with Crippen molar-refractivity contribution < 1.29 is 9.53 Å². The zero-order chi connectivity index (χ0) is 11.5. The largest absolute Gasteiger partial charge is 0.493 e. The molecular formula is C14H18O2. The van der Waals surface area contributed by atoms with Gasteiger partial charge < -0.3 is 4.74 Å². The third-order valence-corrected chi connectivity index (χ3v) is 3.19. The molecule has 86 valence electrons. The second-order valence-electron chi connectivity index (χ2n) is 4.54. The quantitative estimate of drug-likeness (QED) is 0.759. The summed E-state index contributed by atoms with van der Waals surface area (Å²) in [6.45, 7) is 4.63. The molecule has 1 saturated carbocycles. The summed E-state index contributed by atoms with van der Waals surface area (Å²) in [7, 11) is 0. The van der Waals surface area contributed by atoms with Crippen molar-refractivity contribution >= 4 is 5.78 Å². The molecule has 0 saturated heterocycles. The van der Waals surface area contributed by atoms with Crippen molar-refractivity contribution in [2.75, 3.05) is 6.61 Å². The average molecular weight is 218 g/mol. The highest BCUT2D eigenvalue weighted by molar-refractivity contribution is 5.83. The van der Waals surface area contributed by atoms with Crippen molar-refractivity contribution in [2.24, 2.45) is 5.92 Å². The Hall–Kier alpha value is -1.31. The molecule has 0 radical (unpaired) electrons. The minimum absolute atomic E-state index is 0.349. The van der Waals surface area contributed by atoms with Crippen LogP contribution in [0.4, 0.5) is 0 Å². The number of benzene rings is 1. The van der Waals surface area contributed by atoms with E-state index in [0.717, 1.165) is 18.6 Å². The summed E-state index contributed by atoms with van der Waals surface area (Å²) in [5.41, 5.74) is 2.40. The van der Waals surface area contributed by atoms with E-state index in [4.69, 9.17) is 4.74 Å². The molecule has 1 aliphatic carbocycles. The van der Waals surface area contributed by atoms with Crippen LogP contribution < -0.4 is 4.74 Å². The van der Waals surface area contributed by atoms with Crippen LogP contribution >= 0.6 is 0 Å². The first-order valence-electron chi connectivity index (χ1n) is 5.90. The van der Waals surface area contributed by atoms with Gasteiger partial charge in [-0.2, -0.15) is 0 Å². The number of rotatable bonds is 5. The van der Waals surface area contributed by atoms with Gasteiger partial charge in [-0.05, 0) is 43.9 Å². The van der Waals surface area contributed by atoms with Crippen molar-refractivity contribution in [3.8, 4) is 5.75 Å². The average Bonchev–Trinajstić information content (AvgIpc) is 3.07. The summed E-state index contributed by atoms with van der Waals surface area (Å²) in [5.74, 6) is 1.62. The van der Waals surface area contributed by atoms with E-state index in [0.29, 0.717) is 24.7 Å². The molecule has 2 rings (SSSR count). The van der Waals surface area contributed by atoms with Gasteiger partial charge in [0.25, 0.3) is 0 Å². The summed E-state index contributed by atoms with van der Waals surface area (Å²) in [4.78, 5) is 11.5. The lowest BCUT2D eigenvalue weighted by atomic mass is 10.1. The molecule has 1 aromatic carbocycles. The molecule has 0 spiro atoms. The molecule has 0 atom stereocenters. The number of ether oxygens (including phenoxy) is 1. The molecule has 1 fully saturated rings. The first kappa shape index (κ1) is 11.2. The van der Waals surface area contributed by atoms with Gasteiger partial charge in [-0.3, -0.25) is 4.79 Å². The minimum atomic E-state index is 0.349. The van der Waals surface area contributed by atoms with E-state index < -0.39 is 0 Å². The van der Waals surface area contributed by atoms with Crippen LogP contribution in [0.3, 0.4) is 0 Å². The highest BCUT2D eigenvalue weighted by Crippen LogP contribution is 2.31. The highest BCUT2D eigenvalue weighted by atomic mass is 16.5. The van der Waals surface area contributed by atoms with Gasteiger partial charge in [-0.25, -0.2) is 0 Å². The maximum Gasteiger partial charge on any atom is 0.139 e. The van der Waals surface area contributed by atoms with Gasteiger partial charge in [0.1, 0.15) is 11.5 Å². The number of aryl methyl sites for hydroxylation is 1. The van der Waals surface area contributed by atoms with Crippen LogP contribution in [0.25, 0.3) is 0 Å². The Morgan fingerprint density at radius 1 is 1.38 bits per heavy atom. The normalized spacial score (nSPS) is 14.9. The highest BCUT2D eigenvalue weighted by Gasteiger charge is 2.28. The minimum Gasteiger partial charge on any atom is -0.493 e. The first-order valence-corrected chi connectivity index (χ1v) is 5.90. The summed E-state index contributed by atoms with van der Waals surface area (Å²) in [5, 5.41) is 0. The molecule has 0 aliphatic heterocycles. The maximum absolute atomic E-state index is 11.5. The van der Waals surface area contributed by atoms with Crippen molar-refractivity contribution in [1.29, 1.82) is 0 Å². The molecule has 1 aromatic rings. The number of ketones is 1. The standard InChI is InChI=1S/C14H18O2/c1-10-4-3-5-14(11(10)2)16-9-8-13(15)12-6-7-12/h3-5,12H,6-9H2,1-2H3. The molecule has 0 heterocycles. The Kier molecular flexibility index (Phi) is 3.28. The lowest BCUT2D eigenvalue weighted by Gasteiger charge is -2.10. The fourth-order valence-electron chi connectivity index (χ4n) is 1.75. The second-order valence-corrected chi connectivity index (χ2v) is 4.54. The van der Waals surface area contributed by atoms with Gasteiger partial charge in [-0.1, -0.05) is 12.1 Å². The van der Waals surface area contributed by atoms with E-state index in [1.165, 1.54) is 11.1 Å². The van der Waals surface area contributed by atoms with E-state index in [-0.39, 0.29) is 0 Å². The van der Waals surface area contributed by atoms with Crippen molar-refractivity contribution in [3.63, 3.8) is 0 Å². The number of carbonyl (C=O) groups excluding carboxylic acids is 1. The van der Waals surface area contributed by atoms with Gasteiger partial charge in [-0.15, -0.1) is 0 Å². The van der Waals surface area contributed by atoms with E-state index in [1.807, 2.05) is 19.1 Å². The van der Waals surface area contributed by atoms with Crippen LogP contribution in [0.5, 0.6) is 5.75 Å². The molecule has 2 heteroatoms. The van der Waals surface area contributed by atoms with E-state index in [2.05, 4.69) is 13.0 Å². The van der Waals surface area contributed by atoms with Gasteiger partial charge >= 0.3 is 0 Å². The predicted octanol–water partition coefficient (Wildman–Crippen LogP) is 3.05. The van der Waals surface area contributed by atoms with E-state index in [1.54, 1.807) is 0 Å². The molecule has 0 amide bonds. The van der Waals surface area contributed by atoms with Crippen LogP contribution in [-0.4, -0.2) is 12.4 Å². The molecule has 0 bridgehead atoms. The number of carbonyl (C=O) groups is 1. The zero-order valence-corrected chi connectivity index (χ0v) is 9.95. The van der Waals surface area contributed by atoms with Crippen LogP contribution in [0.1, 0.15) is 30.4 Å². The predicted molar refractivity (Wildman–Crippen MR) is 63.8 cm³/mol. The Morgan fingerprint density at radius 2 is 2.12 bits per heavy atom. The molecule has 16 heavy (non-hydrogen) atoms. The Bertz CT molecular complexity index is 392. The van der Waals surface area contributed by atoms with Crippen molar-refractivity contribution in [2.45, 2.75) is 33.1 Å². The fraction of sp³-hybridized carbons (Fsp3) is 0.500. The summed E-state index contributed by atoms with van der Waals surface area (Å²) >= 11 is 0. The fourth-order valence-corrected chi connectivity index (χ4v) is 1.75. The maximum atomic E-state index is 11.5. The summed E-state index contributed by atoms with van der Waals surface area (Å²) < 4.78 is 5.65. The third kappa shape index (κ3) is 2.63. The zero-order valence-electron chi connectivity index (χ0n) is 9.95. The smallest absolute Gasteiger partial charge is 0.139 e. The first-order chi connectivity index (χ1) is 7.68. The second kappa shape index (κ2) is 4.69. The number of Topliss-reactive ketones (excluding diaryl/α,β-unsaturated/α-hetero) is 1. The van der Waals surface area contributed by atoms with Crippen molar-refractivity contribution in [3.05, 3.63) is 29.3 Å². The van der Waals surface area contributed by atoms with Gasteiger partial charge in [0.05, 0.1) is 6.61 Å². The molecule has 0 aromatic heterocycles.